The Bertz CT molecular complexity index is 250. The van der Waals surface area contributed by atoms with Crippen LogP contribution in [0.4, 0.5) is 5.95 Å². The number of nitrogens with two attached hydrogens (primary N) is 1. The molecule has 0 amide bonds. The van der Waals surface area contributed by atoms with Crippen LogP contribution < -0.4 is 10.7 Å². The Labute approximate surface area is 60.9 Å². The Morgan fingerprint density at radius 3 is 2.78 bits per heavy atom. The first-order chi connectivity index (χ1) is 4.25. The molecule has 1 aromatic rings. The van der Waals surface area contributed by atoms with E-state index in [1.807, 2.05) is 0 Å². The van der Waals surface area contributed by atoms with E-state index in [1.165, 1.54) is 0 Å². The second-order valence-corrected chi connectivity index (χ2v) is 1.89. The fourth-order valence-electron chi connectivity index (χ4n) is 0.371. The summed E-state index contributed by atoms with van der Waals surface area (Å²) in [4.78, 5) is 2.22. The minimum Gasteiger partial charge on any atom is -0.334 e. The lowest BCUT2D eigenvalue weighted by Crippen LogP contribution is -2.10. The SMILES string of the molecule is Nn1c(NCl)n[nH]c1=S. The van der Waals surface area contributed by atoms with Crippen LogP contribution >= 0.6 is 24.0 Å². The first kappa shape index (κ1) is 6.37. The molecule has 1 aromatic heterocycles. The molecule has 0 aromatic carbocycles. The van der Waals surface area contributed by atoms with E-state index >= 15 is 0 Å². The van der Waals surface area contributed by atoms with Crippen LogP contribution in [-0.2, 0) is 0 Å². The van der Waals surface area contributed by atoms with Crippen molar-refractivity contribution in [2.45, 2.75) is 0 Å². The quantitative estimate of drug-likeness (QED) is 0.316. The molecule has 0 saturated heterocycles. The second-order valence-electron chi connectivity index (χ2n) is 1.32. The number of aromatic nitrogens is 3. The summed E-state index contributed by atoms with van der Waals surface area (Å²) in [5.41, 5.74) is 0. The van der Waals surface area contributed by atoms with Crippen molar-refractivity contribution in [1.82, 2.24) is 14.9 Å². The monoisotopic (exact) mass is 165 g/mol. The molecule has 1 heterocycles. The van der Waals surface area contributed by atoms with Crippen LogP contribution in [0, 0.1) is 4.77 Å². The van der Waals surface area contributed by atoms with E-state index in [-0.39, 0.29) is 0 Å². The van der Waals surface area contributed by atoms with Crippen molar-refractivity contribution >= 4 is 29.9 Å². The van der Waals surface area contributed by atoms with E-state index in [0.29, 0.717) is 10.7 Å². The van der Waals surface area contributed by atoms with E-state index < -0.39 is 0 Å². The molecule has 0 saturated carbocycles. The molecule has 0 aliphatic heterocycles. The minimum absolute atomic E-state index is 0.293. The van der Waals surface area contributed by atoms with E-state index in [0.717, 1.165) is 4.68 Å². The Kier molecular flexibility index (Phi) is 1.58. The van der Waals surface area contributed by atoms with Crippen molar-refractivity contribution in [3.05, 3.63) is 4.77 Å². The van der Waals surface area contributed by atoms with Gasteiger partial charge >= 0.3 is 0 Å². The number of hydrogen-bond acceptors (Lipinski definition) is 4. The molecule has 0 bridgehead atoms. The summed E-state index contributed by atoms with van der Waals surface area (Å²) in [5.74, 6) is 5.58. The number of anilines is 1. The number of nitrogens with one attached hydrogen (secondary N) is 2. The fourth-order valence-corrected chi connectivity index (χ4v) is 0.637. The normalized spacial score (nSPS) is 9.44. The maximum atomic E-state index is 5.28. The lowest BCUT2D eigenvalue weighted by atomic mass is 11.1. The van der Waals surface area contributed by atoms with Crippen LogP contribution in [0.3, 0.4) is 0 Å². The van der Waals surface area contributed by atoms with Gasteiger partial charge in [-0.2, -0.15) is 0 Å². The van der Waals surface area contributed by atoms with Gasteiger partial charge < -0.3 is 5.84 Å². The average molecular weight is 166 g/mol. The molecule has 0 unspecified atom stereocenters. The highest BCUT2D eigenvalue weighted by Gasteiger charge is 1.97. The van der Waals surface area contributed by atoms with Gasteiger partial charge in [-0.3, -0.25) is 4.84 Å². The Morgan fingerprint density at radius 1 is 1.89 bits per heavy atom. The van der Waals surface area contributed by atoms with Gasteiger partial charge in [-0.15, -0.1) is 5.10 Å². The topological polar surface area (TPSA) is 71.7 Å². The van der Waals surface area contributed by atoms with E-state index in [4.69, 9.17) is 17.6 Å². The fraction of sp³-hybridized carbons (Fsp3) is 0. The van der Waals surface area contributed by atoms with Crippen LogP contribution in [-0.4, -0.2) is 14.9 Å². The smallest absolute Gasteiger partial charge is 0.256 e. The predicted molar refractivity (Wildman–Crippen MR) is 37.0 cm³/mol. The van der Waals surface area contributed by atoms with Gasteiger partial charge in [-0.1, -0.05) is 0 Å². The van der Waals surface area contributed by atoms with Gasteiger partial charge in [0.1, 0.15) is 0 Å². The van der Waals surface area contributed by atoms with Crippen LogP contribution in [0.5, 0.6) is 0 Å². The zero-order valence-electron chi connectivity index (χ0n) is 4.26. The highest BCUT2D eigenvalue weighted by molar-refractivity contribution is 7.71. The molecule has 4 N–H and O–H groups in total. The van der Waals surface area contributed by atoms with Gasteiger partial charge in [0.25, 0.3) is 5.95 Å². The van der Waals surface area contributed by atoms with Gasteiger partial charge in [0, 0.05) is 11.8 Å². The van der Waals surface area contributed by atoms with Crippen molar-refractivity contribution in [2.24, 2.45) is 0 Å². The number of rotatable bonds is 1. The number of halogens is 1. The molecule has 5 nitrogen and oxygen atoms in total. The van der Waals surface area contributed by atoms with Crippen molar-refractivity contribution in [3.8, 4) is 0 Å². The highest BCUT2D eigenvalue weighted by atomic mass is 35.5. The van der Waals surface area contributed by atoms with Crippen molar-refractivity contribution in [3.63, 3.8) is 0 Å². The number of hydrogen-bond donors (Lipinski definition) is 3. The molecule has 7 heteroatoms. The number of nitrogen functional groups attached to an aromatic ring is 1. The first-order valence-corrected chi connectivity index (χ1v) is 2.83. The summed E-state index contributed by atoms with van der Waals surface area (Å²) in [6.07, 6.45) is 0. The minimum atomic E-state index is 0.293. The van der Waals surface area contributed by atoms with Gasteiger partial charge in [0.2, 0.25) is 4.77 Å². The van der Waals surface area contributed by atoms with Crippen LogP contribution in [0.15, 0.2) is 0 Å². The molecule has 0 aliphatic carbocycles. The van der Waals surface area contributed by atoms with E-state index in [1.54, 1.807) is 0 Å². The molecule has 0 spiro atoms. The molecule has 0 radical (unpaired) electrons. The predicted octanol–water partition coefficient (Wildman–Crippen LogP) is 0.220. The lowest BCUT2D eigenvalue weighted by Gasteiger charge is -1.92. The maximum Gasteiger partial charge on any atom is 0.256 e. The Hall–Kier alpha value is -0.750. The third-order valence-electron chi connectivity index (χ3n) is 0.789. The molecule has 0 atom stereocenters. The molecule has 50 valence electrons. The zero-order chi connectivity index (χ0) is 6.85. The molecule has 1 rings (SSSR count). The Balaban J connectivity index is 3.20. The molecular weight excluding hydrogens is 162 g/mol. The van der Waals surface area contributed by atoms with E-state index in [2.05, 4.69) is 27.3 Å². The third-order valence-corrected chi connectivity index (χ3v) is 1.25. The molecule has 9 heavy (non-hydrogen) atoms. The zero-order valence-corrected chi connectivity index (χ0v) is 5.83. The number of H-pyrrole nitrogens is 1. The van der Waals surface area contributed by atoms with Crippen LogP contribution in [0.1, 0.15) is 0 Å². The summed E-state index contributed by atoms with van der Waals surface area (Å²) in [6, 6.07) is 0. The number of nitrogens with zero attached hydrogens (tertiary/aromatic N) is 2. The molecule has 0 fully saturated rings. The maximum absolute atomic E-state index is 5.28. The van der Waals surface area contributed by atoms with Crippen molar-refractivity contribution < 1.29 is 0 Å². The van der Waals surface area contributed by atoms with Gasteiger partial charge in [-0.05, 0) is 12.2 Å². The number of aromatic amines is 1. The summed E-state index contributed by atoms with van der Waals surface area (Å²) in [5, 5.41) is 6.04. The van der Waals surface area contributed by atoms with Gasteiger partial charge in [0.05, 0.1) is 0 Å². The summed E-state index contributed by atoms with van der Waals surface area (Å²) in [6.45, 7) is 0. The summed E-state index contributed by atoms with van der Waals surface area (Å²) in [7, 11) is 0. The largest absolute Gasteiger partial charge is 0.334 e. The third kappa shape index (κ3) is 0.984. The standard InChI is InChI=1S/C2H4ClN5S/c3-5-1-6-7-2(9)8(1)4/h4H2,(H,5,6)(H,7,9). The van der Waals surface area contributed by atoms with Gasteiger partial charge in [0.15, 0.2) is 0 Å². The molecule has 0 aliphatic rings. The summed E-state index contributed by atoms with van der Waals surface area (Å²) < 4.78 is 1.45. The van der Waals surface area contributed by atoms with Crippen molar-refractivity contribution in [2.75, 3.05) is 10.7 Å². The highest BCUT2D eigenvalue weighted by Crippen LogP contribution is 1.97. The first-order valence-electron chi connectivity index (χ1n) is 2.05. The van der Waals surface area contributed by atoms with Gasteiger partial charge in [-0.25, -0.2) is 9.77 Å². The van der Waals surface area contributed by atoms with Crippen LogP contribution in [0.25, 0.3) is 0 Å². The lowest BCUT2D eigenvalue weighted by molar-refractivity contribution is 0.987. The van der Waals surface area contributed by atoms with Crippen LogP contribution in [0.2, 0.25) is 0 Å². The molecular formula is C2H4ClN5S. The van der Waals surface area contributed by atoms with E-state index in [9.17, 15) is 0 Å². The van der Waals surface area contributed by atoms with Crippen molar-refractivity contribution in [1.29, 1.82) is 0 Å². The second kappa shape index (κ2) is 2.24. The Morgan fingerprint density at radius 2 is 2.56 bits per heavy atom. The average Bonchev–Trinajstić information content (AvgIpc) is 2.15. The summed E-state index contributed by atoms with van der Waals surface area (Å²) >= 11 is 9.83.